The Kier molecular flexibility index (Phi) is 6.09. The number of thiocarbonyl (C=S) groups is 1. The number of nitrogens with zero attached hydrogens (tertiary/aromatic N) is 4. The number of unbranched alkanes of at least 4 members (excludes halogenated alkanes) is 1. The first-order chi connectivity index (χ1) is 16.4. The van der Waals surface area contributed by atoms with Gasteiger partial charge in [0.25, 0.3) is 11.5 Å². The molecular weight excluding hydrogens is 485 g/mol. The maximum absolute atomic E-state index is 13.7. The highest BCUT2D eigenvalue weighted by Crippen LogP contribution is 2.45. The lowest BCUT2D eigenvalue weighted by Crippen LogP contribution is -2.36. The largest absolute Gasteiger partial charge is 0.337 e. The van der Waals surface area contributed by atoms with Crippen LogP contribution in [-0.2, 0) is 11.3 Å². The van der Waals surface area contributed by atoms with Crippen molar-refractivity contribution in [3.63, 3.8) is 0 Å². The summed E-state index contributed by atoms with van der Waals surface area (Å²) in [6.07, 6.45) is 1.79. The van der Waals surface area contributed by atoms with E-state index >= 15 is 0 Å². The molecule has 34 heavy (non-hydrogen) atoms. The smallest absolute Gasteiger partial charge is 0.284 e. The summed E-state index contributed by atoms with van der Waals surface area (Å²) in [6, 6.07) is 17.5. The van der Waals surface area contributed by atoms with Gasteiger partial charge in [0.2, 0.25) is 0 Å². The number of hydrogen-bond acceptors (Lipinski definition) is 6. The fourth-order valence-corrected chi connectivity index (χ4v) is 6.99. The zero-order valence-corrected chi connectivity index (χ0v) is 21.6. The predicted octanol–water partition coefficient (Wildman–Crippen LogP) is 3.39. The number of rotatable bonds is 4. The molecule has 0 saturated carbocycles. The summed E-state index contributed by atoms with van der Waals surface area (Å²) in [7, 11) is 3.78. The van der Waals surface area contributed by atoms with Crippen molar-refractivity contribution in [2.24, 2.45) is 0 Å². The van der Waals surface area contributed by atoms with E-state index in [1.54, 1.807) is 28.3 Å². The first-order valence-corrected chi connectivity index (χ1v) is 13.1. The van der Waals surface area contributed by atoms with Gasteiger partial charge in [0.1, 0.15) is 19.9 Å². The van der Waals surface area contributed by atoms with Crippen molar-refractivity contribution in [3.8, 4) is 0 Å². The van der Waals surface area contributed by atoms with E-state index in [4.69, 9.17) is 12.2 Å². The molecule has 0 N–H and O–H groups in total. The predicted molar refractivity (Wildman–Crippen MR) is 145 cm³/mol. The van der Waals surface area contributed by atoms with E-state index in [1.165, 1.54) is 16.2 Å². The lowest BCUT2D eigenvalue weighted by molar-refractivity contribution is -0.112. The Bertz CT molecular complexity index is 1480. The number of thiazole rings is 1. The number of thioether (sulfide) groups is 1. The van der Waals surface area contributed by atoms with E-state index < -0.39 is 0 Å². The van der Waals surface area contributed by atoms with E-state index in [2.05, 4.69) is 24.0 Å². The molecule has 0 aliphatic carbocycles. The molecule has 9 heteroatoms. The molecule has 0 radical (unpaired) electrons. The molecule has 6 nitrogen and oxygen atoms in total. The average Bonchev–Trinajstić information content (AvgIpc) is 3.42. The second-order valence-corrected chi connectivity index (χ2v) is 10.5. The monoisotopic (exact) mass is 508 g/mol. The number of amides is 1. The van der Waals surface area contributed by atoms with Crippen LogP contribution in [0.1, 0.15) is 19.8 Å². The third kappa shape index (κ3) is 3.59. The van der Waals surface area contributed by atoms with Crippen molar-refractivity contribution >= 4 is 68.4 Å². The second kappa shape index (κ2) is 9.05. The van der Waals surface area contributed by atoms with Crippen LogP contribution in [0.5, 0.6) is 0 Å². The number of benzene rings is 2. The third-order valence-electron chi connectivity index (χ3n) is 5.99. The van der Waals surface area contributed by atoms with Crippen molar-refractivity contribution in [2.75, 3.05) is 23.9 Å². The van der Waals surface area contributed by atoms with Crippen LogP contribution in [0.15, 0.2) is 64.3 Å². The van der Waals surface area contributed by atoms with Crippen molar-refractivity contribution in [3.05, 3.63) is 74.1 Å². The fourth-order valence-electron chi connectivity index (χ4n) is 4.16. The maximum Gasteiger partial charge on any atom is 0.284 e. The van der Waals surface area contributed by atoms with Gasteiger partial charge in [0.15, 0.2) is 5.11 Å². The minimum absolute atomic E-state index is 0.0617. The summed E-state index contributed by atoms with van der Waals surface area (Å²) in [6.45, 7) is 2.65. The molecule has 0 bridgehead atoms. The number of carbonyl (C=O) groups excluding carboxylic acids is 1. The van der Waals surface area contributed by atoms with Crippen LogP contribution in [0.25, 0.3) is 10.7 Å². The first kappa shape index (κ1) is 22.9. The third-order valence-corrected chi connectivity index (χ3v) is 8.99. The lowest BCUT2D eigenvalue weighted by Gasteiger charge is -2.16. The number of hydrogen-bond donors (Lipinski definition) is 0. The molecule has 1 amide bonds. The van der Waals surface area contributed by atoms with Gasteiger partial charge in [-0.2, -0.15) is 0 Å². The molecule has 2 aliphatic heterocycles. The first-order valence-electron chi connectivity index (χ1n) is 11.1. The lowest BCUT2D eigenvalue weighted by atomic mass is 10.3. The summed E-state index contributed by atoms with van der Waals surface area (Å²) in [5.74, 6) is -0.211. The van der Waals surface area contributed by atoms with Crippen LogP contribution in [0.2, 0.25) is 0 Å². The minimum Gasteiger partial charge on any atom is -0.337 e. The molecular formula is C25H24N4O2S3. The Balaban J connectivity index is 1.75. The molecule has 1 saturated heterocycles. The number of carbonyl (C=O) groups is 1. The molecule has 0 spiro atoms. The zero-order chi connectivity index (χ0) is 24.0. The molecule has 3 heterocycles. The van der Waals surface area contributed by atoms with Crippen molar-refractivity contribution in [2.45, 2.75) is 31.2 Å². The molecule has 3 aromatic rings. The quantitative estimate of drug-likeness (QED) is 0.504. The van der Waals surface area contributed by atoms with E-state index in [1.807, 2.05) is 49.5 Å². The highest BCUT2D eigenvalue weighted by atomic mass is 32.2. The average molecular weight is 509 g/mol. The van der Waals surface area contributed by atoms with Crippen LogP contribution in [0, 0.1) is 0 Å². The van der Waals surface area contributed by atoms with Crippen LogP contribution in [0.3, 0.4) is 0 Å². The fraction of sp³-hybridized carbons (Fsp3) is 0.240. The molecule has 174 valence electrons. The van der Waals surface area contributed by atoms with Gasteiger partial charge in [-0.05, 0) is 42.9 Å². The normalized spacial score (nSPS) is 18.9. The summed E-state index contributed by atoms with van der Waals surface area (Å²) < 4.78 is 3.06. The van der Waals surface area contributed by atoms with Gasteiger partial charge in [-0.15, -0.1) is 11.3 Å². The Morgan fingerprint density at radius 3 is 2.35 bits per heavy atom. The highest BCUT2D eigenvalue weighted by molar-refractivity contribution is 8.08. The van der Waals surface area contributed by atoms with Crippen molar-refractivity contribution in [1.29, 1.82) is 0 Å². The topological polar surface area (TPSA) is 48.8 Å². The Hall–Kier alpha value is -2.88. The molecule has 1 fully saturated rings. The number of fused-ring (bicyclic) bond motifs is 1. The van der Waals surface area contributed by atoms with Crippen molar-refractivity contribution in [1.82, 2.24) is 9.47 Å². The van der Waals surface area contributed by atoms with E-state index in [-0.39, 0.29) is 11.5 Å². The summed E-state index contributed by atoms with van der Waals surface area (Å²) in [5, 5.41) is 1.30. The van der Waals surface area contributed by atoms with Gasteiger partial charge in [-0.25, -0.2) is 0 Å². The van der Waals surface area contributed by atoms with Crippen LogP contribution >= 0.6 is 35.3 Å². The highest BCUT2D eigenvalue weighted by Gasteiger charge is 2.39. The molecule has 0 atom stereocenters. The van der Waals surface area contributed by atoms with Gasteiger partial charge in [0, 0.05) is 25.5 Å². The van der Waals surface area contributed by atoms with E-state index in [0.717, 1.165) is 34.1 Å². The van der Waals surface area contributed by atoms with Crippen LogP contribution in [0.4, 0.5) is 11.4 Å². The number of likely N-dealkylation sites (N-methyl/N-ethyl adjacent to an activating group) is 1. The SMILES string of the molecule is CCCCn1c(=C2C(=O)N(c3ccccc3)C(=S)N2C)sc(=C2Sc3ccccc3N2C)c1=O. The van der Waals surface area contributed by atoms with Gasteiger partial charge >= 0.3 is 0 Å². The van der Waals surface area contributed by atoms with Gasteiger partial charge in [-0.3, -0.25) is 19.1 Å². The Morgan fingerprint density at radius 1 is 0.941 bits per heavy atom. The summed E-state index contributed by atoms with van der Waals surface area (Å²) in [4.78, 5) is 33.8. The van der Waals surface area contributed by atoms with Gasteiger partial charge in [0.05, 0.1) is 11.4 Å². The molecule has 0 unspecified atom stereocenters. The second-order valence-electron chi connectivity index (χ2n) is 8.15. The van der Waals surface area contributed by atoms with E-state index in [9.17, 15) is 9.59 Å². The van der Waals surface area contributed by atoms with Crippen LogP contribution in [-0.4, -0.2) is 34.6 Å². The Labute approximate surface area is 211 Å². The van der Waals surface area contributed by atoms with Crippen molar-refractivity contribution < 1.29 is 4.79 Å². The summed E-state index contributed by atoms with van der Waals surface area (Å²) in [5.41, 5.74) is 2.18. The standard InChI is InChI=1S/C25H24N4O2S3/c1-4-5-15-28-22(31)20(24-26(2)17-13-9-10-14-18(17)33-24)34-23(28)19-21(30)29(25(32)27(19)3)16-11-7-6-8-12-16/h6-14H,4-5,15H2,1-3H3. The number of anilines is 2. The molecule has 1 aromatic heterocycles. The van der Waals surface area contributed by atoms with Crippen LogP contribution < -0.4 is 24.6 Å². The van der Waals surface area contributed by atoms with E-state index in [0.29, 0.717) is 26.5 Å². The molecule has 2 aliphatic rings. The zero-order valence-electron chi connectivity index (χ0n) is 19.1. The molecule has 2 aromatic carbocycles. The minimum atomic E-state index is -0.211. The number of para-hydroxylation sites is 2. The number of aromatic nitrogens is 1. The van der Waals surface area contributed by atoms with Gasteiger partial charge < -0.3 is 9.80 Å². The molecule has 5 rings (SSSR count). The van der Waals surface area contributed by atoms with Gasteiger partial charge in [-0.1, -0.05) is 55.4 Å². The summed E-state index contributed by atoms with van der Waals surface area (Å²) >= 11 is 8.63. The maximum atomic E-state index is 13.7. The Morgan fingerprint density at radius 2 is 1.65 bits per heavy atom.